The average molecular weight is 238 g/mol. The van der Waals surface area contributed by atoms with E-state index in [1.807, 2.05) is 0 Å². The fourth-order valence-corrected chi connectivity index (χ4v) is 3.30. The summed E-state index contributed by atoms with van der Waals surface area (Å²) in [5.41, 5.74) is 0.0656. The Bertz CT molecular complexity index is 287. The molecule has 17 heavy (non-hydrogen) atoms. The van der Waals surface area contributed by atoms with Gasteiger partial charge in [0.15, 0.2) is 0 Å². The molecule has 98 valence electrons. The van der Waals surface area contributed by atoms with Crippen molar-refractivity contribution in [2.24, 2.45) is 16.8 Å². The molecule has 1 fully saturated rings. The molecule has 3 nitrogen and oxygen atoms in total. The van der Waals surface area contributed by atoms with Crippen LogP contribution in [0.25, 0.3) is 0 Å². The molecule has 0 aromatic carbocycles. The van der Waals surface area contributed by atoms with Crippen LogP contribution in [0.1, 0.15) is 47.0 Å². The fraction of sp³-hybridized carbons (Fsp3) is 0.929. The number of rotatable bonds is 2. The minimum absolute atomic E-state index is 0.0656. The van der Waals surface area contributed by atoms with Gasteiger partial charge in [-0.15, -0.1) is 0 Å². The highest BCUT2D eigenvalue weighted by molar-refractivity contribution is 5.76. The third-order valence-electron chi connectivity index (χ3n) is 4.75. The summed E-state index contributed by atoms with van der Waals surface area (Å²) < 4.78 is 5.91. The van der Waals surface area contributed by atoms with Gasteiger partial charge in [0, 0.05) is 13.1 Å². The van der Waals surface area contributed by atoms with E-state index < -0.39 is 0 Å². The maximum Gasteiger partial charge on any atom is 0.288 e. The van der Waals surface area contributed by atoms with E-state index in [9.17, 15) is 0 Å². The van der Waals surface area contributed by atoms with E-state index in [1.54, 1.807) is 0 Å². The van der Waals surface area contributed by atoms with Crippen molar-refractivity contribution < 1.29 is 4.74 Å². The molecule has 2 atom stereocenters. The standard InChI is InChI=1S/C14H26N2O/c1-5-16(6-2)13-15-14(10-17-13)11(3)8-7-9-12(14)4/h11-12H,5-10H2,1-4H3. The summed E-state index contributed by atoms with van der Waals surface area (Å²) >= 11 is 0. The Hall–Kier alpha value is -0.730. The van der Waals surface area contributed by atoms with Crippen LogP contribution in [0.5, 0.6) is 0 Å². The van der Waals surface area contributed by atoms with Gasteiger partial charge in [-0.05, 0) is 38.5 Å². The van der Waals surface area contributed by atoms with Gasteiger partial charge in [-0.1, -0.05) is 20.3 Å². The molecule has 1 aliphatic carbocycles. The zero-order valence-corrected chi connectivity index (χ0v) is 11.7. The average Bonchev–Trinajstić information content (AvgIpc) is 2.75. The van der Waals surface area contributed by atoms with Crippen molar-refractivity contribution in [1.29, 1.82) is 0 Å². The topological polar surface area (TPSA) is 24.8 Å². The van der Waals surface area contributed by atoms with Gasteiger partial charge in [-0.3, -0.25) is 0 Å². The SMILES string of the molecule is CCN(CC)C1=NC2(CO1)C(C)CCCC2C. The highest BCUT2D eigenvalue weighted by Crippen LogP contribution is 2.43. The molecule has 0 saturated heterocycles. The second kappa shape index (κ2) is 4.87. The van der Waals surface area contributed by atoms with Crippen LogP contribution in [0.4, 0.5) is 0 Å². The highest BCUT2D eigenvalue weighted by Gasteiger charge is 2.48. The van der Waals surface area contributed by atoms with Crippen LogP contribution < -0.4 is 0 Å². The first kappa shape index (κ1) is 12.7. The van der Waals surface area contributed by atoms with Gasteiger partial charge in [0.2, 0.25) is 0 Å². The van der Waals surface area contributed by atoms with Gasteiger partial charge in [-0.2, -0.15) is 0 Å². The van der Waals surface area contributed by atoms with Crippen LogP contribution in [0, 0.1) is 11.8 Å². The minimum Gasteiger partial charge on any atom is -0.463 e. The lowest BCUT2D eigenvalue weighted by Crippen LogP contribution is -2.45. The number of amidine groups is 1. The summed E-state index contributed by atoms with van der Waals surface area (Å²) in [7, 11) is 0. The summed E-state index contributed by atoms with van der Waals surface area (Å²) in [5.74, 6) is 1.30. The predicted octanol–water partition coefficient (Wildman–Crippen LogP) is 2.91. The van der Waals surface area contributed by atoms with Gasteiger partial charge < -0.3 is 9.64 Å². The lowest BCUT2D eigenvalue weighted by atomic mass is 9.68. The Kier molecular flexibility index (Phi) is 3.64. The van der Waals surface area contributed by atoms with Gasteiger partial charge in [0.1, 0.15) is 12.1 Å². The number of ether oxygens (including phenoxy) is 1. The Balaban J connectivity index is 2.22. The van der Waals surface area contributed by atoms with Crippen LogP contribution in [-0.4, -0.2) is 36.2 Å². The van der Waals surface area contributed by atoms with Crippen molar-refractivity contribution in [3.63, 3.8) is 0 Å². The molecule has 1 heterocycles. The Morgan fingerprint density at radius 1 is 1.24 bits per heavy atom. The van der Waals surface area contributed by atoms with E-state index >= 15 is 0 Å². The fourth-order valence-electron chi connectivity index (χ4n) is 3.30. The first-order valence-electron chi connectivity index (χ1n) is 7.11. The molecule has 2 aliphatic rings. The van der Waals surface area contributed by atoms with Crippen molar-refractivity contribution >= 4 is 6.02 Å². The van der Waals surface area contributed by atoms with Crippen molar-refractivity contribution in [2.75, 3.05) is 19.7 Å². The molecule has 2 rings (SSSR count). The number of hydrogen-bond donors (Lipinski definition) is 0. The van der Waals surface area contributed by atoms with Crippen molar-refractivity contribution in [3.05, 3.63) is 0 Å². The molecule has 0 radical (unpaired) electrons. The summed E-state index contributed by atoms with van der Waals surface area (Å²) in [6, 6.07) is 0.885. The molecular weight excluding hydrogens is 212 g/mol. The van der Waals surface area contributed by atoms with Gasteiger partial charge in [0.05, 0.1) is 0 Å². The summed E-state index contributed by atoms with van der Waals surface area (Å²) in [6.07, 6.45) is 3.94. The van der Waals surface area contributed by atoms with Crippen molar-refractivity contribution in [1.82, 2.24) is 4.90 Å². The Labute approximate surface area is 105 Å². The second-order valence-corrected chi connectivity index (χ2v) is 5.58. The van der Waals surface area contributed by atoms with Gasteiger partial charge >= 0.3 is 0 Å². The molecule has 1 saturated carbocycles. The highest BCUT2D eigenvalue weighted by atomic mass is 16.5. The van der Waals surface area contributed by atoms with E-state index in [2.05, 4.69) is 32.6 Å². The summed E-state index contributed by atoms with van der Waals surface area (Å²) in [6.45, 7) is 11.8. The van der Waals surface area contributed by atoms with E-state index in [1.165, 1.54) is 19.3 Å². The van der Waals surface area contributed by atoms with Crippen molar-refractivity contribution in [3.8, 4) is 0 Å². The first-order valence-corrected chi connectivity index (χ1v) is 7.11. The third kappa shape index (κ3) is 2.04. The number of hydrogen-bond acceptors (Lipinski definition) is 3. The van der Waals surface area contributed by atoms with E-state index in [-0.39, 0.29) is 5.54 Å². The Morgan fingerprint density at radius 3 is 2.35 bits per heavy atom. The minimum atomic E-state index is 0.0656. The van der Waals surface area contributed by atoms with Crippen LogP contribution in [0.15, 0.2) is 4.99 Å². The maximum absolute atomic E-state index is 5.91. The smallest absolute Gasteiger partial charge is 0.288 e. The Morgan fingerprint density at radius 2 is 1.82 bits per heavy atom. The normalized spacial score (nSPS) is 36.8. The van der Waals surface area contributed by atoms with E-state index in [0.29, 0.717) is 11.8 Å². The zero-order valence-electron chi connectivity index (χ0n) is 11.7. The second-order valence-electron chi connectivity index (χ2n) is 5.58. The number of nitrogens with zero attached hydrogens (tertiary/aromatic N) is 2. The third-order valence-corrected chi connectivity index (χ3v) is 4.75. The van der Waals surface area contributed by atoms with Gasteiger partial charge in [-0.25, -0.2) is 4.99 Å². The summed E-state index contributed by atoms with van der Waals surface area (Å²) in [5, 5.41) is 0. The number of aliphatic imine (C=N–C) groups is 1. The van der Waals surface area contributed by atoms with Crippen LogP contribution in [0.3, 0.4) is 0 Å². The predicted molar refractivity (Wildman–Crippen MR) is 71.2 cm³/mol. The van der Waals surface area contributed by atoms with Crippen LogP contribution in [-0.2, 0) is 4.74 Å². The van der Waals surface area contributed by atoms with E-state index in [4.69, 9.17) is 9.73 Å². The molecule has 0 bridgehead atoms. The molecule has 1 spiro atoms. The van der Waals surface area contributed by atoms with Crippen LogP contribution in [0.2, 0.25) is 0 Å². The molecule has 3 heteroatoms. The molecule has 2 unspecified atom stereocenters. The lowest BCUT2D eigenvalue weighted by Gasteiger charge is -2.40. The zero-order chi connectivity index (χ0) is 12.5. The molecule has 0 amide bonds. The molecule has 0 N–H and O–H groups in total. The maximum atomic E-state index is 5.91. The van der Waals surface area contributed by atoms with Crippen LogP contribution >= 0.6 is 0 Å². The molecule has 1 aliphatic heterocycles. The quantitative estimate of drug-likeness (QED) is 0.739. The first-order chi connectivity index (χ1) is 8.14. The lowest BCUT2D eigenvalue weighted by molar-refractivity contribution is 0.0958. The molecule has 0 aromatic rings. The molecule has 0 aromatic heterocycles. The van der Waals surface area contributed by atoms with E-state index in [0.717, 1.165) is 25.7 Å². The molecular formula is C14H26N2O. The van der Waals surface area contributed by atoms with Crippen molar-refractivity contribution in [2.45, 2.75) is 52.5 Å². The van der Waals surface area contributed by atoms with Gasteiger partial charge in [0.25, 0.3) is 6.02 Å². The summed E-state index contributed by atoms with van der Waals surface area (Å²) in [4.78, 5) is 7.23. The monoisotopic (exact) mass is 238 g/mol. The largest absolute Gasteiger partial charge is 0.463 e.